The summed E-state index contributed by atoms with van der Waals surface area (Å²) in [6, 6.07) is 1.98. The number of carbonyl (C=O) groups is 1. The highest BCUT2D eigenvalue weighted by Crippen LogP contribution is 2.33. The fourth-order valence-electron chi connectivity index (χ4n) is 3.58. The topological polar surface area (TPSA) is 58.6 Å². The van der Waals surface area contributed by atoms with Crippen LogP contribution in [0.5, 0.6) is 0 Å². The zero-order valence-corrected chi connectivity index (χ0v) is 14.3. The Morgan fingerprint density at radius 2 is 1.83 bits per heavy atom. The SMILES string of the molecule is Cc1cc(C)nc(N2CCC[C@](C)(C(=O)N3CCOCC3)C2)n1. The van der Waals surface area contributed by atoms with Gasteiger partial charge >= 0.3 is 0 Å². The third kappa shape index (κ3) is 3.47. The Labute approximate surface area is 137 Å². The van der Waals surface area contributed by atoms with Gasteiger partial charge in [0.05, 0.1) is 18.6 Å². The molecule has 2 fully saturated rings. The molecule has 3 rings (SSSR count). The van der Waals surface area contributed by atoms with Crippen LogP contribution < -0.4 is 4.90 Å². The van der Waals surface area contributed by atoms with Gasteiger partial charge in [-0.15, -0.1) is 0 Å². The van der Waals surface area contributed by atoms with Crippen LogP contribution in [0.1, 0.15) is 31.2 Å². The van der Waals surface area contributed by atoms with E-state index in [-0.39, 0.29) is 11.3 Å². The van der Waals surface area contributed by atoms with Crippen LogP contribution in [0.25, 0.3) is 0 Å². The van der Waals surface area contributed by atoms with Crippen LogP contribution in [-0.4, -0.2) is 60.2 Å². The number of rotatable bonds is 2. The summed E-state index contributed by atoms with van der Waals surface area (Å²) >= 11 is 0. The molecule has 0 bridgehead atoms. The molecule has 6 nitrogen and oxygen atoms in total. The number of ether oxygens (including phenoxy) is 1. The first-order valence-electron chi connectivity index (χ1n) is 8.42. The molecule has 23 heavy (non-hydrogen) atoms. The summed E-state index contributed by atoms with van der Waals surface area (Å²) in [5.74, 6) is 0.998. The average molecular weight is 318 g/mol. The molecule has 2 saturated heterocycles. The van der Waals surface area contributed by atoms with Gasteiger partial charge in [0, 0.05) is 37.6 Å². The standard InChI is InChI=1S/C17H26N4O2/c1-13-11-14(2)19-16(18-13)21-6-4-5-17(3,12-21)15(22)20-7-9-23-10-8-20/h11H,4-10,12H2,1-3H3/t17-/m0/s1. The molecule has 1 aromatic rings. The first kappa shape index (κ1) is 16.2. The van der Waals surface area contributed by atoms with Crippen LogP contribution >= 0.6 is 0 Å². The molecule has 1 atom stereocenters. The molecular weight excluding hydrogens is 292 g/mol. The lowest BCUT2D eigenvalue weighted by Gasteiger charge is -2.42. The van der Waals surface area contributed by atoms with Gasteiger partial charge in [-0.2, -0.15) is 0 Å². The van der Waals surface area contributed by atoms with Gasteiger partial charge in [-0.05, 0) is 39.7 Å². The number of morpholine rings is 1. The zero-order valence-electron chi connectivity index (χ0n) is 14.3. The third-order valence-electron chi connectivity index (χ3n) is 4.76. The fraction of sp³-hybridized carbons (Fsp3) is 0.706. The van der Waals surface area contributed by atoms with Crippen molar-refractivity contribution in [2.24, 2.45) is 5.41 Å². The minimum atomic E-state index is -0.364. The normalized spacial score (nSPS) is 25.5. The summed E-state index contributed by atoms with van der Waals surface area (Å²) in [4.78, 5) is 26.2. The predicted molar refractivity (Wildman–Crippen MR) is 88.5 cm³/mol. The molecule has 3 heterocycles. The highest BCUT2D eigenvalue weighted by Gasteiger charge is 2.41. The van der Waals surface area contributed by atoms with E-state index >= 15 is 0 Å². The Morgan fingerprint density at radius 3 is 2.48 bits per heavy atom. The van der Waals surface area contributed by atoms with Gasteiger partial charge in [-0.25, -0.2) is 9.97 Å². The van der Waals surface area contributed by atoms with Crippen molar-refractivity contribution in [3.05, 3.63) is 17.5 Å². The quantitative estimate of drug-likeness (QED) is 0.828. The Hall–Kier alpha value is -1.69. The number of piperidine rings is 1. The van der Waals surface area contributed by atoms with Crippen molar-refractivity contribution in [1.82, 2.24) is 14.9 Å². The van der Waals surface area contributed by atoms with Crippen molar-refractivity contribution in [2.75, 3.05) is 44.3 Å². The summed E-state index contributed by atoms with van der Waals surface area (Å²) in [5.41, 5.74) is 1.58. The zero-order chi connectivity index (χ0) is 16.4. The molecule has 1 aromatic heterocycles. The van der Waals surface area contributed by atoms with Crippen molar-refractivity contribution < 1.29 is 9.53 Å². The average Bonchev–Trinajstić information content (AvgIpc) is 2.54. The molecule has 0 unspecified atom stereocenters. The van der Waals surface area contributed by atoms with Gasteiger partial charge < -0.3 is 14.5 Å². The molecule has 0 radical (unpaired) electrons. The number of hydrogen-bond acceptors (Lipinski definition) is 5. The van der Waals surface area contributed by atoms with Gasteiger partial charge in [0.2, 0.25) is 11.9 Å². The number of hydrogen-bond donors (Lipinski definition) is 0. The number of amides is 1. The van der Waals surface area contributed by atoms with E-state index in [2.05, 4.69) is 21.8 Å². The van der Waals surface area contributed by atoms with Crippen molar-refractivity contribution in [3.8, 4) is 0 Å². The summed E-state index contributed by atoms with van der Waals surface area (Å²) in [6.45, 7) is 10.3. The minimum Gasteiger partial charge on any atom is -0.378 e. The molecule has 0 aliphatic carbocycles. The number of nitrogens with zero attached hydrogens (tertiary/aromatic N) is 4. The van der Waals surface area contributed by atoms with Crippen LogP contribution in [-0.2, 0) is 9.53 Å². The highest BCUT2D eigenvalue weighted by atomic mass is 16.5. The second-order valence-electron chi connectivity index (χ2n) is 6.94. The highest BCUT2D eigenvalue weighted by molar-refractivity contribution is 5.83. The van der Waals surface area contributed by atoms with E-state index < -0.39 is 0 Å². The summed E-state index contributed by atoms with van der Waals surface area (Å²) < 4.78 is 5.36. The monoisotopic (exact) mass is 318 g/mol. The molecule has 1 amide bonds. The minimum absolute atomic E-state index is 0.245. The molecule has 0 N–H and O–H groups in total. The van der Waals surface area contributed by atoms with Gasteiger partial charge in [0.15, 0.2) is 0 Å². The van der Waals surface area contributed by atoms with E-state index in [1.807, 2.05) is 24.8 Å². The van der Waals surface area contributed by atoms with Crippen molar-refractivity contribution in [3.63, 3.8) is 0 Å². The van der Waals surface area contributed by atoms with Gasteiger partial charge in [0.25, 0.3) is 0 Å². The summed E-state index contributed by atoms with van der Waals surface area (Å²) in [7, 11) is 0. The number of carbonyl (C=O) groups excluding carboxylic acids is 1. The van der Waals surface area contributed by atoms with Crippen LogP contribution in [0.3, 0.4) is 0 Å². The molecule has 2 aliphatic heterocycles. The first-order chi connectivity index (χ1) is 11.0. The third-order valence-corrected chi connectivity index (χ3v) is 4.76. The van der Waals surface area contributed by atoms with E-state index in [1.54, 1.807) is 0 Å². The van der Waals surface area contributed by atoms with Crippen molar-refractivity contribution in [1.29, 1.82) is 0 Å². The maximum Gasteiger partial charge on any atom is 0.230 e. The van der Waals surface area contributed by atoms with Crippen LogP contribution in [0.2, 0.25) is 0 Å². The van der Waals surface area contributed by atoms with Crippen LogP contribution in [0.15, 0.2) is 6.07 Å². The molecule has 2 aliphatic rings. The second kappa shape index (κ2) is 6.43. The van der Waals surface area contributed by atoms with Gasteiger partial charge in [-0.1, -0.05) is 0 Å². The number of aromatic nitrogens is 2. The van der Waals surface area contributed by atoms with E-state index in [9.17, 15) is 4.79 Å². The van der Waals surface area contributed by atoms with Crippen molar-refractivity contribution in [2.45, 2.75) is 33.6 Å². The molecule has 126 valence electrons. The number of aryl methyl sites for hydroxylation is 2. The van der Waals surface area contributed by atoms with Gasteiger partial charge in [0.1, 0.15) is 0 Å². The first-order valence-corrected chi connectivity index (χ1v) is 8.42. The lowest BCUT2D eigenvalue weighted by Crippen LogP contribution is -2.54. The van der Waals surface area contributed by atoms with E-state index in [1.165, 1.54) is 0 Å². The lowest BCUT2D eigenvalue weighted by molar-refractivity contribution is -0.146. The second-order valence-corrected chi connectivity index (χ2v) is 6.94. The lowest BCUT2D eigenvalue weighted by atomic mass is 9.80. The van der Waals surface area contributed by atoms with E-state index in [0.717, 1.165) is 36.7 Å². The Balaban J connectivity index is 1.77. The van der Waals surface area contributed by atoms with Crippen molar-refractivity contribution >= 4 is 11.9 Å². The molecular formula is C17H26N4O2. The molecule has 6 heteroatoms. The predicted octanol–water partition coefficient (Wildman–Crippen LogP) is 1.56. The molecule has 0 spiro atoms. The Morgan fingerprint density at radius 1 is 1.17 bits per heavy atom. The van der Waals surface area contributed by atoms with E-state index in [4.69, 9.17) is 4.74 Å². The van der Waals surface area contributed by atoms with E-state index in [0.29, 0.717) is 32.8 Å². The van der Waals surface area contributed by atoms with Crippen LogP contribution in [0, 0.1) is 19.3 Å². The fourth-order valence-corrected chi connectivity index (χ4v) is 3.58. The largest absolute Gasteiger partial charge is 0.378 e. The Kier molecular flexibility index (Phi) is 4.53. The summed E-state index contributed by atoms with van der Waals surface area (Å²) in [6.07, 6.45) is 1.91. The maximum atomic E-state index is 13.0. The smallest absolute Gasteiger partial charge is 0.230 e. The maximum absolute atomic E-state index is 13.0. The number of anilines is 1. The molecule has 0 aromatic carbocycles. The summed E-state index contributed by atoms with van der Waals surface area (Å²) in [5, 5.41) is 0. The molecule has 0 saturated carbocycles. The Bertz CT molecular complexity index is 566. The van der Waals surface area contributed by atoms with Gasteiger partial charge in [-0.3, -0.25) is 4.79 Å². The van der Waals surface area contributed by atoms with Crippen LogP contribution in [0.4, 0.5) is 5.95 Å².